The largest absolute Gasteiger partial charge is 0.493 e. The summed E-state index contributed by atoms with van der Waals surface area (Å²) >= 11 is 15.7. The Hall–Kier alpha value is -2.54. The van der Waals surface area contributed by atoms with E-state index in [1.54, 1.807) is 31.5 Å². The molecule has 0 spiro atoms. The van der Waals surface area contributed by atoms with Crippen LogP contribution in [0, 0.1) is 6.92 Å². The second-order valence-corrected chi connectivity index (χ2v) is 8.71. The van der Waals surface area contributed by atoms with Crippen LogP contribution in [0.3, 0.4) is 0 Å². The highest BCUT2D eigenvalue weighted by Gasteiger charge is 2.13. The van der Waals surface area contributed by atoms with E-state index < -0.39 is 0 Å². The summed E-state index contributed by atoms with van der Waals surface area (Å²) in [6, 6.07) is 16.6. The molecule has 0 saturated heterocycles. The number of carbonyl (C=O) groups excluding carboxylic acids is 1. The molecule has 0 atom stereocenters. The molecule has 3 aromatic rings. The number of rotatable bonds is 8. The van der Waals surface area contributed by atoms with E-state index >= 15 is 0 Å². The van der Waals surface area contributed by atoms with Gasteiger partial charge in [0.2, 0.25) is 5.91 Å². The summed E-state index contributed by atoms with van der Waals surface area (Å²) in [5, 5.41) is 5.13. The van der Waals surface area contributed by atoms with E-state index in [2.05, 4.69) is 26.5 Å². The molecule has 3 aromatic carbocycles. The topological polar surface area (TPSA) is 59.9 Å². The minimum atomic E-state index is -0.198. The Morgan fingerprint density at radius 3 is 2.56 bits per heavy atom. The van der Waals surface area contributed by atoms with Crippen LogP contribution in [0.4, 0.5) is 0 Å². The molecule has 1 amide bonds. The van der Waals surface area contributed by atoms with Gasteiger partial charge in [-0.1, -0.05) is 59.1 Å². The van der Waals surface area contributed by atoms with Crippen LogP contribution in [0.15, 0.2) is 64.2 Å². The van der Waals surface area contributed by atoms with Gasteiger partial charge in [0.15, 0.2) is 11.5 Å². The fourth-order valence-corrected chi connectivity index (χ4v) is 3.89. The number of nitrogens with zero attached hydrogens (tertiary/aromatic N) is 1. The van der Waals surface area contributed by atoms with Crippen LogP contribution < -0.4 is 14.9 Å². The van der Waals surface area contributed by atoms with Gasteiger partial charge in [-0.15, -0.1) is 0 Å². The average molecular weight is 536 g/mol. The number of nitrogens with one attached hydrogen (secondary N) is 1. The Kier molecular flexibility index (Phi) is 8.56. The fourth-order valence-electron chi connectivity index (χ4n) is 2.85. The number of hydrogen-bond donors (Lipinski definition) is 1. The summed E-state index contributed by atoms with van der Waals surface area (Å²) < 4.78 is 12.1. The molecule has 0 radical (unpaired) electrons. The molecular weight excluding hydrogens is 515 g/mol. The highest BCUT2D eigenvalue weighted by molar-refractivity contribution is 9.10. The molecule has 32 heavy (non-hydrogen) atoms. The van der Waals surface area contributed by atoms with Gasteiger partial charge in [-0.3, -0.25) is 4.79 Å². The number of halogens is 3. The lowest BCUT2D eigenvalue weighted by molar-refractivity contribution is -0.120. The number of aryl methyl sites for hydroxylation is 1. The molecule has 0 fully saturated rings. The summed E-state index contributed by atoms with van der Waals surface area (Å²) in [6.07, 6.45) is 1.80. The molecule has 0 aliphatic heterocycles. The molecule has 0 heterocycles. The van der Waals surface area contributed by atoms with E-state index in [1.807, 2.05) is 43.3 Å². The van der Waals surface area contributed by atoms with Crippen LogP contribution >= 0.6 is 39.1 Å². The number of amides is 1. The van der Waals surface area contributed by atoms with Crippen molar-refractivity contribution in [1.29, 1.82) is 0 Å². The predicted molar refractivity (Wildman–Crippen MR) is 132 cm³/mol. The van der Waals surface area contributed by atoms with Crippen LogP contribution in [0.1, 0.15) is 22.3 Å². The zero-order chi connectivity index (χ0) is 23.1. The van der Waals surface area contributed by atoms with Crippen LogP contribution in [0.25, 0.3) is 0 Å². The predicted octanol–water partition coefficient (Wildman–Crippen LogP) is 6.34. The SMILES string of the molecule is COc1cc(/C=N/NC(=O)Cc2ccc(C)cc2)cc(Br)c1OCc1ccc(Cl)cc1Cl. The van der Waals surface area contributed by atoms with Crippen molar-refractivity contribution < 1.29 is 14.3 Å². The van der Waals surface area contributed by atoms with Gasteiger partial charge >= 0.3 is 0 Å². The van der Waals surface area contributed by atoms with Gasteiger partial charge in [-0.2, -0.15) is 5.10 Å². The molecule has 0 saturated carbocycles. The Morgan fingerprint density at radius 1 is 1.12 bits per heavy atom. The highest BCUT2D eigenvalue weighted by Crippen LogP contribution is 2.37. The first-order valence-electron chi connectivity index (χ1n) is 9.67. The van der Waals surface area contributed by atoms with Gasteiger partial charge in [-0.25, -0.2) is 5.43 Å². The summed E-state index contributed by atoms with van der Waals surface area (Å²) in [5.41, 5.74) is 6.14. The maximum Gasteiger partial charge on any atom is 0.244 e. The molecule has 0 aromatic heterocycles. The summed E-state index contributed by atoms with van der Waals surface area (Å²) in [4.78, 5) is 12.1. The van der Waals surface area contributed by atoms with Crippen molar-refractivity contribution in [2.45, 2.75) is 20.0 Å². The minimum absolute atomic E-state index is 0.198. The smallest absolute Gasteiger partial charge is 0.244 e. The van der Waals surface area contributed by atoms with Crippen molar-refractivity contribution in [3.63, 3.8) is 0 Å². The van der Waals surface area contributed by atoms with E-state index in [0.29, 0.717) is 26.0 Å². The molecule has 0 bridgehead atoms. The normalized spacial score (nSPS) is 10.9. The highest BCUT2D eigenvalue weighted by atomic mass is 79.9. The van der Waals surface area contributed by atoms with Crippen LogP contribution in [0.5, 0.6) is 11.5 Å². The van der Waals surface area contributed by atoms with Crippen LogP contribution in [-0.2, 0) is 17.8 Å². The van der Waals surface area contributed by atoms with Crippen molar-refractivity contribution >= 4 is 51.3 Å². The maximum atomic E-state index is 12.1. The lowest BCUT2D eigenvalue weighted by atomic mass is 10.1. The standard InChI is InChI=1S/C24H21BrCl2N2O3/c1-15-3-5-16(6-4-15)11-23(30)29-28-13-17-9-20(25)24(22(10-17)31-2)32-14-18-7-8-19(26)12-21(18)27/h3-10,12-13H,11,14H2,1-2H3,(H,29,30)/b28-13+. The lowest BCUT2D eigenvalue weighted by Crippen LogP contribution is -2.19. The van der Waals surface area contributed by atoms with Crippen LogP contribution in [-0.4, -0.2) is 19.2 Å². The van der Waals surface area contributed by atoms with Crippen molar-refractivity contribution in [2.24, 2.45) is 5.10 Å². The molecule has 0 aliphatic rings. The zero-order valence-electron chi connectivity index (χ0n) is 17.5. The summed E-state index contributed by atoms with van der Waals surface area (Å²) in [7, 11) is 1.55. The first-order valence-corrected chi connectivity index (χ1v) is 11.2. The molecule has 5 nitrogen and oxygen atoms in total. The van der Waals surface area contributed by atoms with E-state index in [9.17, 15) is 4.79 Å². The summed E-state index contributed by atoms with van der Waals surface area (Å²) in [6.45, 7) is 2.25. The molecule has 1 N–H and O–H groups in total. The molecule has 3 rings (SSSR count). The van der Waals surface area contributed by atoms with E-state index in [1.165, 1.54) is 0 Å². The number of methoxy groups -OCH3 is 1. The number of carbonyl (C=O) groups is 1. The summed E-state index contributed by atoms with van der Waals surface area (Å²) in [5.74, 6) is 0.840. The number of hydrogen-bond acceptors (Lipinski definition) is 4. The van der Waals surface area contributed by atoms with Gasteiger partial charge < -0.3 is 9.47 Å². The quantitative estimate of drug-likeness (QED) is 0.270. The van der Waals surface area contributed by atoms with E-state index in [-0.39, 0.29) is 18.9 Å². The lowest BCUT2D eigenvalue weighted by Gasteiger charge is -2.14. The third-order valence-corrected chi connectivity index (χ3v) is 5.70. The first-order chi connectivity index (χ1) is 15.4. The van der Waals surface area contributed by atoms with Crippen molar-refractivity contribution in [3.8, 4) is 11.5 Å². The van der Waals surface area contributed by atoms with Crippen molar-refractivity contribution in [3.05, 3.63) is 91.4 Å². The Bertz CT molecular complexity index is 1130. The number of hydrazone groups is 1. The minimum Gasteiger partial charge on any atom is -0.493 e. The van der Waals surface area contributed by atoms with E-state index in [4.69, 9.17) is 32.7 Å². The third kappa shape index (κ3) is 6.73. The maximum absolute atomic E-state index is 12.1. The molecular formula is C24H21BrCl2N2O3. The van der Waals surface area contributed by atoms with Crippen molar-refractivity contribution in [2.75, 3.05) is 7.11 Å². The second kappa shape index (κ2) is 11.4. The number of benzene rings is 3. The van der Waals surface area contributed by atoms with Gasteiger partial charge in [0, 0.05) is 15.6 Å². The van der Waals surface area contributed by atoms with Crippen LogP contribution in [0.2, 0.25) is 10.0 Å². The Balaban J connectivity index is 1.64. The zero-order valence-corrected chi connectivity index (χ0v) is 20.6. The monoisotopic (exact) mass is 534 g/mol. The Labute approximate surface area is 205 Å². The van der Waals surface area contributed by atoms with E-state index in [0.717, 1.165) is 22.3 Å². The number of ether oxygens (including phenoxy) is 2. The Morgan fingerprint density at radius 2 is 1.88 bits per heavy atom. The second-order valence-electron chi connectivity index (χ2n) is 7.01. The average Bonchev–Trinajstić information content (AvgIpc) is 2.75. The van der Waals surface area contributed by atoms with Gasteiger partial charge in [0.25, 0.3) is 0 Å². The fraction of sp³-hybridized carbons (Fsp3) is 0.167. The van der Waals surface area contributed by atoms with Gasteiger partial charge in [0.1, 0.15) is 6.61 Å². The third-order valence-electron chi connectivity index (χ3n) is 4.53. The molecule has 166 valence electrons. The molecule has 0 unspecified atom stereocenters. The molecule has 0 aliphatic carbocycles. The van der Waals surface area contributed by atoms with Gasteiger partial charge in [0.05, 0.1) is 24.2 Å². The van der Waals surface area contributed by atoms with Crippen molar-refractivity contribution in [1.82, 2.24) is 5.43 Å². The van der Waals surface area contributed by atoms with Gasteiger partial charge in [-0.05, 0) is 58.2 Å². The first kappa shape index (κ1) is 24.1. The molecule has 8 heteroatoms.